The van der Waals surface area contributed by atoms with E-state index in [0.29, 0.717) is 41.4 Å². The van der Waals surface area contributed by atoms with Gasteiger partial charge >= 0.3 is 5.97 Å². The van der Waals surface area contributed by atoms with Gasteiger partial charge in [0, 0.05) is 24.3 Å². The van der Waals surface area contributed by atoms with Crippen molar-refractivity contribution < 1.29 is 28.5 Å². The van der Waals surface area contributed by atoms with E-state index in [0.717, 1.165) is 5.56 Å². The lowest BCUT2D eigenvalue weighted by Crippen LogP contribution is -2.33. The Morgan fingerprint density at radius 3 is 2.72 bits per heavy atom. The number of carbonyl (C=O) groups is 2. The Kier molecular flexibility index (Phi) is 3.52. The zero-order valence-corrected chi connectivity index (χ0v) is 14.5. The predicted molar refractivity (Wildman–Crippen MR) is 87.6 cm³/mol. The van der Waals surface area contributed by atoms with E-state index in [4.69, 9.17) is 18.9 Å². The van der Waals surface area contributed by atoms with E-state index >= 15 is 0 Å². The highest BCUT2D eigenvalue weighted by Crippen LogP contribution is 2.49. The average Bonchev–Trinajstić information content (AvgIpc) is 2.99. The fraction of sp³-hybridized carbons (Fsp3) is 0.474. The van der Waals surface area contributed by atoms with Crippen molar-refractivity contribution in [2.24, 2.45) is 5.41 Å². The molecule has 2 heterocycles. The smallest absolute Gasteiger partial charge is 0.311 e. The molecule has 132 valence electrons. The number of allylic oxidation sites excluding steroid dienone is 2. The summed E-state index contributed by atoms with van der Waals surface area (Å²) >= 11 is 0. The Labute approximate surface area is 145 Å². The number of hydrogen-bond donors (Lipinski definition) is 0. The molecule has 0 radical (unpaired) electrons. The average molecular weight is 344 g/mol. The Bertz CT molecular complexity index is 804. The standard InChI is InChI=1S/C19H20O6/c1-19(2)7-12(20)17-11(6-16(21)25-15(17)8-19)10-4-13(22-3)18-14(5-10)23-9-24-18/h4-5,11H,6-9H2,1-3H3. The van der Waals surface area contributed by atoms with Crippen LogP contribution >= 0.6 is 0 Å². The van der Waals surface area contributed by atoms with Crippen molar-refractivity contribution in [1.82, 2.24) is 0 Å². The number of ketones is 1. The lowest BCUT2D eigenvalue weighted by Gasteiger charge is -2.36. The van der Waals surface area contributed by atoms with Gasteiger partial charge in [0.2, 0.25) is 12.5 Å². The van der Waals surface area contributed by atoms with Gasteiger partial charge in [-0.1, -0.05) is 13.8 Å². The summed E-state index contributed by atoms with van der Waals surface area (Å²) in [7, 11) is 1.55. The molecule has 0 fully saturated rings. The number of benzene rings is 1. The van der Waals surface area contributed by atoms with Gasteiger partial charge in [-0.15, -0.1) is 0 Å². The number of methoxy groups -OCH3 is 1. The summed E-state index contributed by atoms with van der Waals surface area (Å²) in [6.45, 7) is 4.15. The Hall–Kier alpha value is -2.50. The molecule has 0 saturated carbocycles. The molecule has 6 nitrogen and oxygen atoms in total. The van der Waals surface area contributed by atoms with Crippen molar-refractivity contribution in [3.63, 3.8) is 0 Å². The monoisotopic (exact) mass is 344 g/mol. The van der Waals surface area contributed by atoms with Gasteiger partial charge in [-0.2, -0.15) is 0 Å². The summed E-state index contributed by atoms with van der Waals surface area (Å²) in [4.78, 5) is 24.9. The highest BCUT2D eigenvalue weighted by Gasteiger charge is 2.42. The van der Waals surface area contributed by atoms with Crippen LogP contribution in [-0.4, -0.2) is 25.7 Å². The molecule has 0 aromatic heterocycles. The van der Waals surface area contributed by atoms with E-state index < -0.39 is 0 Å². The van der Waals surface area contributed by atoms with Gasteiger partial charge in [0.1, 0.15) is 5.76 Å². The van der Waals surface area contributed by atoms with Gasteiger partial charge in [0.05, 0.1) is 13.5 Å². The van der Waals surface area contributed by atoms with Crippen LogP contribution in [-0.2, 0) is 14.3 Å². The third kappa shape index (κ3) is 2.65. The SMILES string of the molecule is COc1cc(C2CC(=O)OC3=C2C(=O)CC(C)(C)C3)cc2c1OCO2. The maximum absolute atomic E-state index is 12.8. The van der Waals surface area contributed by atoms with Crippen molar-refractivity contribution in [3.05, 3.63) is 29.0 Å². The van der Waals surface area contributed by atoms with Crippen LogP contribution in [0.2, 0.25) is 0 Å². The summed E-state index contributed by atoms with van der Waals surface area (Å²) < 4.78 is 21.7. The molecule has 0 N–H and O–H groups in total. The van der Waals surface area contributed by atoms with Crippen LogP contribution in [0, 0.1) is 5.41 Å². The molecule has 3 aliphatic rings. The Balaban J connectivity index is 1.82. The summed E-state index contributed by atoms with van der Waals surface area (Å²) in [5, 5.41) is 0. The number of hydrogen-bond acceptors (Lipinski definition) is 6. The third-order valence-corrected chi connectivity index (χ3v) is 4.92. The molecule has 4 rings (SSSR count). The summed E-state index contributed by atoms with van der Waals surface area (Å²) in [5.41, 5.74) is 1.21. The number of ether oxygens (including phenoxy) is 4. The van der Waals surface area contributed by atoms with Gasteiger partial charge in [-0.05, 0) is 23.1 Å². The maximum atomic E-state index is 12.8. The second-order valence-corrected chi connectivity index (χ2v) is 7.47. The van der Waals surface area contributed by atoms with Crippen LogP contribution in [0.1, 0.15) is 44.6 Å². The van der Waals surface area contributed by atoms with E-state index in [-0.39, 0.29) is 36.3 Å². The van der Waals surface area contributed by atoms with E-state index in [9.17, 15) is 9.59 Å². The van der Waals surface area contributed by atoms with Crippen molar-refractivity contribution in [3.8, 4) is 17.2 Å². The van der Waals surface area contributed by atoms with Crippen LogP contribution in [0.4, 0.5) is 0 Å². The fourth-order valence-corrected chi connectivity index (χ4v) is 3.84. The first kappa shape index (κ1) is 16.0. The Morgan fingerprint density at radius 2 is 1.96 bits per heavy atom. The number of fused-ring (bicyclic) bond motifs is 1. The van der Waals surface area contributed by atoms with E-state index in [1.54, 1.807) is 7.11 Å². The fourth-order valence-electron chi connectivity index (χ4n) is 3.84. The first-order valence-electron chi connectivity index (χ1n) is 8.32. The first-order valence-corrected chi connectivity index (χ1v) is 8.32. The van der Waals surface area contributed by atoms with Gasteiger partial charge in [0.15, 0.2) is 17.3 Å². The number of rotatable bonds is 2. The normalized spacial score (nSPS) is 24.0. The lowest BCUT2D eigenvalue weighted by molar-refractivity contribution is -0.142. The molecule has 6 heteroatoms. The van der Waals surface area contributed by atoms with E-state index in [2.05, 4.69) is 0 Å². The highest BCUT2D eigenvalue weighted by molar-refractivity contribution is 6.00. The molecule has 2 aliphatic heterocycles. The zero-order valence-electron chi connectivity index (χ0n) is 14.5. The largest absolute Gasteiger partial charge is 0.493 e. The van der Waals surface area contributed by atoms with Crippen molar-refractivity contribution >= 4 is 11.8 Å². The molecule has 1 aromatic rings. The van der Waals surface area contributed by atoms with Gasteiger partial charge in [-0.3, -0.25) is 9.59 Å². The minimum absolute atomic E-state index is 0.0420. The lowest BCUT2D eigenvalue weighted by atomic mass is 9.71. The summed E-state index contributed by atoms with van der Waals surface area (Å²) in [6.07, 6.45) is 1.16. The molecular formula is C19H20O6. The molecule has 1 atom stereocenters. The first-order chi connectivity index (χ1) is 11.9. The van der Waals surface area contributed by atoms with Crippen LogP contribution in [0.15, 0.2) is 23.5 Å². The zero-order chi connectivity index (χ0) is 17.8. The molecule has 1 aliphatic carbocycles. The molecular weight excluding hydrogens is 324 g/mol. The number of Topliss-reactive ketones (excluding diaryl/α,β-unsaturated/α-hetero) is 1. The minimum atomic E-state index is -0.344. The van der Waals surface area contributed by atoms with Crippen LogP contribution in [0.5, 0.6) is 17.2 Å². The molecule has 0 bridgehead atoms. The van der Waals surface area contributed by atoms with Crippen molar-refractivity contribution in [2.45, 2.75) is 39.0 Å². The van der Waals surface area contributed by atoms with Crippen LogP contribution in [0.25, 0.3) is 0 Å². The number of esters is 1. The topological polar surface area (TPSA) is 71.1 Å². The molecule has 25 heavy (non-hydrogen) atoms. The quantitative estimate of drug-likeness (QED) is 0.768. The second-order valence-electron chi connectivity index (χ2n) is 7.47. The molecule has 0 amide bonds. The maximum Gasteiger partial charge on any atom is 0.311 e. The summed E-state index contributed by atoms with van der Waals surface area (Å²) in [5.74, 6) is 1.55. The van der Waals surface area contributed by atoms with E-state index in [1.165, 1.54) is 0 Å². The molecule has 1 aromatic carbocycles. The van der Waals surface area contributed by atoms with Gasteiger partial charge in [-0.25, -0.2) is 0 Å². The minimum Gasteiger partial charge on any atom is -0.493 e. The number of carbonyl (C=O) groups excluding carboxylic acids is 2. The van der Waals surface area contributed by atoms with Crippen molar-refractivity contribution in [1.29, 1.82) is 0 Å². The molecule has 0 saturated heterocycles. The van der Waals surface area contributed by atoms with Crippen molar-refractivity contribution in [2.75, 3.05) is 13.9 Å². The van der Waals surface area contributed by atoms with Crippen LogP contribution in [0.3, 0.4) is 0 Å². The van der Waals surface area contributed by atoms with Crippen LogP contribution < -0.4 is 14.2 Å². The molecule has 0 spiro atoms. The predicted octanol–water partition coefficient (Wildman–Crippen LogP) is 3.10. The third-order valence-electron chi connectivity index (χ3n) is 4.92. The van der Waals surface area contributed by atoms with E-state index in [1.807, 2.05) is 26.0 Å². The van der Waals surface area contributed by atoms with Gasteiger partial charge < -0.3 is 18.9 Å². The molecule has 1 unspecified atom stereocenters. The highest BCUT2D eigenvalue weighted by atomic mass is 16.7. The second kappa shape index (κ2) is 5.51. The Morgan fingerprint density at radius 1 is 1.16 bits per heavy atom. The summed E-state index contributed by atoms with van der Waals surface area (Å²) in [6, 6.07) is 3.64. The van der Waals surface area contributed by atoms with Gasteiger partial charge in [0.25, 0.3) is 0 Å².